The monoisotopic (exact) mass is 207 g/mol. The third kappa shape index (κ3) is 2.05. The third-order valence-corrected chi connectivity index (χ3v) is 3.37. The SMILES string of the molecule is Cc1cccc(C2(N)CCC(C)(F)C2)c1. The van der Waals surface area contributed by atoms with Crippen molar-refractivity contribution < 1.29 is 4.39 Å². The molecule has 2 unspecified atom stereocenters. The molecule has 0 saturated heterocycles. The van der Waals surface area contributed by atoms with Crippen LogP contribution >= 0.6 is 0 Å². The maximum absolute atomic E-state index is 13.8. The molecule has 0 spiro atoms. The Bertz CT molecular complexity index is 373. The lowest BCUT2D eigenvalue weighted by Crippen LogP contribution is -2.35. The summed E-state index contributed by atoms with van der Waals surface area (Å²) in [6.07, 6.45) is 1.74. The van der Waals surface area contributed by atoms with Crippen LogP contribution in [0.2, 0.25) is 0 Å². The van der Waals surface area contributed by atoms with Crippen molar-refractivity contribution in [1.29, 1.82) is 0 Å². The third-order valence-electron chi connectivity index (χ3n) is 3.37. The second-order valence-corrected chi connectivity index (χ2v) is 5.12. The summed E-state index contributed by atoms with van der Waals surface area (Å²) in [6.45, 7) is 3.69. The summed E-state index contributed by atoms with van der Waals surface area (Å²) in [7, 11) is 0. The van der Waals surface area contributed by atoms with E-state index in [1.165, 1.54) is 5.56 Å². The topological polar surface area (TPSA) is 26.0 Å². The maximum atomic E-state index is 13.8. The number of alkyl halides is 1. The largest absolute Gasteiger partial charge is 0.321 e. The molecule has 2 rings (SSSR count). The molecule has 0 heterocycles. The predicted octanol–water partition coefficient (Wildman–Crippen LogP) is 3.06. The van der Waals surface area contributed by atoms with E-state index >= 15 is 0 Å². The van der Waals surface area contributed by atoms with E-state index in [0.29, 0.717) is 12.8 Å². The summed E-state index contributed by atoms with van der Waals surface area (Å²) in [4.78, 5) is 0. The Hall–Kier alpha value is -0.890. The molecule has 0 amide bonds. The number of benzene rings is 1. The van der Waals surface area contributed by atoms with E-state index in [9.17, 15) is 4.39 Å². The highest BCUT2D eigenvalue weighted by molar-refractivity contribution is 5.30. The molecule has 1 fully saturated rings. The zero-order chi connectivity index (χ0) is 11.1. The molecule has 2 atom stereocenters. The Labute approximate surface area is 90.5 Å². The van der Waals surface area contributed by atoms with Gasteiger partial charge in [0.2, 0.25) is 0 Å². The van der Waals surface area contributed by atoms with Gasteiger partial charge in [0.05, 0.1) is 0 Å². The number of aryl methyl sites for hydroxylation is 1. The summed E-state index contributed by atoms with van der Waals surface area (Å²) in [5.74, 6) is 0. The van der Waals surface area contributed by atoms with Crippen LogP contribution in [-0.2, 0) is 5.54 Å². The fourth-order valence-corrected chi connectivity index (χ4v) is 2.52. The second kappa shape index (κ2) is 3.31. The molecular formula is C13H18FN. The molecule has 2 heteroatoms. The number of nitrogens with two attached hydrogens (primary N) is 1. The number of rotatable bonds is 1. The fraction of sp³-hybridized carbons (Fsp3) is 0.538. The summed E-state index contributed by atoms with van der Waals surface area (Å²) in [5.41, 5.74) is 6.98. The molecule has 0 bridgehead atoms. The van der Waals surface area contributed by atoms with Gasteiger partial charge in [-0.3, -0.25) is 0 Å². The van der Waals surface area contributed by atoms with Crippen molar-refractivity contribution >= 4 is 0 Å². The van der Waals surface area contributed by atoms with Gasteiger partial charge in [0.15, 0.2) is 0 Å². The summed E-state index contributed by atoms with van der Waals surface area (Å²) >= 11 is 0. The molecule has 1 aliphatic rings. The van der Waals surface area contributed by atoms with Crippen LogP contribution in [0, 0.1) is 6.92 Å². The Morgan fingerprint density at radius 2 is 2.07 bits per heavy atom. The van der Waals surface area contributed by atoms with Crippen LogP contribution in [-0.4, -0.2) is 5.67 Å². The predicted molar refractivity (Wildman–Crippen MR) is 60.4 cm³/mol. The minimum absolute atomic E-state index is 0.434. The van der Waals surface area contributed by atoms with Gasteiger partial charge in [0.25, 0.3) is 0 Å². The molecule has 1 saturated carbocycles. The van der Waals surface area contributed by atoms with Gasteiger partial charge in [-0.15, -0.1) is 0 Å². The van der Waals surface area contributed by atoms with Crippen molar-refractivity contribution in [1.82, 2.24) is 0 Å². The minimum atomic E-state index is -1.10. The highest BCUT2D eigenvalue weighted by Gasteiger charge is 2.44. The van der Waals surface area contributed by atoms with Crippen LogP contribution < -0.4 is 5.73 Å². The fourth-order valence-electron chi connectivity index (χ4n) is 2.52. The van der Waals surface area contributed by atoms with Crippen molar-refractivity contribution in [2.75, 3.05) is 0 Å². The first-order chi connectivity index (χ1) is 6.91. The van der Waals surface area contributed by atoms with Crippen molar-refractivity contribution in [2.24, 2.45) is 5.73 Å². The number of hydrogen-bond acceptors (Lipinski definition) is 1. The first-order valence-corrected chi connectivity index (χ1v) is 5.46. The van der Waals surface area contributed by atoms with Crippen LogP contribution in [0.25, 0.3) is 0 Å². The molecule has 1 aliphatic carbocycles. The van der Waals surface area contributed by atoms with E-state index in [-0.39, 0.29) is 0 Å². The van der Waals surface area contributed by atoms with Crippen LogP contribution in [0.3, 0.4) is 0 Å². The smallest absolute Gasteiger partial charge is 0.110 e. The van der Waals surface area contributed by atoms with Crippen molar-refractivity contribution in [2.45, 2.75) is 44.3 Å². The average molecular weight is 207 g/mol. The van der Waals surface area contributed by atoms with Crippen molar-refractivity contribution in [3.8, 4) is 0 Å². The molecule has 15 heavy (non-hydrogen) atoms. The molecule has 1 nitrogen and oxygen atoms in total. The first kappa shape index (κ1) is 10.6. The minimum Gasteiger partial charge on any atom is -0.321 e. The van der Waals surface area contributed by atoms with Gasteiger partial charge < -0.3 is 5.73 Å². The van der Waals surface area contributed by atoms with Gasteiger partial charge in [-0.2, -0.15) is 0 Å². The van der Waals surface area contributed by atoms with Crippen molar-refractivity contribution in [3.05, 3.63) is 35.4 Å². The van der Waals surface area contributed by atoms with Crippen LogP contribution in [0.4, 0.5) is 4.39 Å². The second-order valence-electron chi connectivity index (χ2n) is 5.12. The molecule has 0 aromatic heterocycles. The Morgan fingerprint density at radius 1 is 1.33 bits per heavy atom. The first-order valence-electron chi connectivity index (χ1n) is 5.46. The van der Waals surface area contributed by atoms with Gasteiger partial charge >= 0.3 is 0 Å². The van der Waals surface area contributed by atoms with Crippen molar-refractivity contribution in [3.63, 3.8) is 0 Å². The van der Waals surface area contributed by atoms with Gasteiger partial charge in [-0.25, -0.2) is 4.39 Å². The van der Waals surface area contributed by atoms with Gasteiger partial charge in [0, 0.05) is 12.0 Å². The standard InChI is InChI=1S/C13H18FN/c1-10-4-3-5-11(8-10)13(15)7-6-12(2,14)9-13/h3-5,8H,6-7,9,15H2,1-2H3. The van der Waals surface area contributed by atoms with Gasteiger partial charge in [-0.05, 0) is 32.3 Å². The lowest BCUT2D eigenvalue weighted by atomic mass is 9.87. The zero-order valence-corrected chi connectivity index (χ0v) is 9.39. The van der Waals surface area contributed by atoms with Gasteiger partial charge in [-0.1, -0.05) is 29.8 Å². The molecular weight excluding hydrogens is 189 g/mol. The number of halogens is 1. The Kier molecular flexibility index (Phi) is 2.34. The summed E-state index contributed by atoms with van der Waals surface area (Å²) in [6, 6.07) is 8.11. The molecule has 0 radical (unpaired) electrons. The van der Waals surface area contributed by atoms with E-state index in [1.807, 2.05) is 25.1 Å². The quantitative estimate of drug-likeness (QED) is 0.752. The summed E-state index contributed by atoms with van der Waals surface area (Å²) in [5, 5.41) is 0. The molecule has 2 N–H and O–H groups in total. The van der Waals surface area contributed by atoms with Crippen LogP contribution in [0.5, 0.6) is 0 Å². The average Bonchev–Trinajstić information content (AvgIpc) is 2.42. The lowest BCUT2D eigenvalue weighted by Gasteiger charge is -2.25. The van der Waals surface area contributed by atoms with Crippen LogP contribution in [0.15, 0.2) is 24.3 Å². The highest BCUT2D eigenvalue weighted by atomic mass is 19.1. The van der Waals surface area contributed by atoms with Gasteiger partial charge in [0.1, 0.15) is 5.67 Å². The van der Waals surface area contributed by atoms with E-state index in [0.717, 1.165) is 12.0 Å². The molecule has 1 aromatic carbocycles. The molecule has 0 aliphatic heterocycles. The highest BCUT2D eigenvalue weighted by Crippen LogP contribution is 2.44. The number of hydrogen-bond donors (Lipinski definition) is 1. The lowest BCUT2D eigenvalue weighted by molar-refractivity contribution is 0.187. The molecule has 1 aromatic rings. The van der Waals surface area contributed by atoms with E-state index in [4.69, 9.17) is 5.73 Å². The molecule has 82 valence electrons. The maximum Gasteiger partial charge on any atom is 0.110 e. The zero-order valence-electron chi connectivity index (χ0n) is 9.39. The Morgan fingerprint density at radius 3 is 2.60 bits per heavy atom. The van der Waals surface area contributed by atoms with Crippen LogP contribution in [0.1, 0.15) is 37.3 Å². The van der Waals surface area contributed by atoms with E-state index in [2.05, 4.69) is 6.07 Å². The van der Waals surface area contributed by atoms with E-state index in [1.54, 1.807) is 6.92 Å². The normalized spacial score (nSPS) is 35.7. The summed E-state index contributed by atoms with van der Waals surface area (Å²) < 4.78 is 13.8. The van der Waals surface area contributed by atoms with E-state index < -0.39 is 11.2 Å². The Balaban J connectivity index is 2.31.